The molecule has 0 fully saturated rings. The lowest BCUT2D eigenvalue weighted by Crippen LogP contribution is -2.51. The molecule has 0 aliphatic rings. The summed E-state index contributed by atoms with van der Waals surface area (Å²) >= 11 is 0. The molecule has 0 aliphatic carbocycles. The number of hydrogen-bond donors (Lipinski definition) is 1. The van der Waals surface area contributed by atoms with Gasteiger partial charge in [0.2, 0.25) is 0 Å². The summed E-state index contributed by atoms with van der Waals surface area (Å²) in [5.74, 6) is 0. The second-order valence-corrected chi connectivity index (χ2v) is 5.36. The number of nitriles is 1. The van der Waals surface area contributed by atoms with Gasteiger partial charge in [0.05, 0.1) is 6.07 Å². The van der Waals surface area contributed by atoms with Crippen molar-refractivity contribution in [2.24, 2.45) is 11.1 Å². The van der Waals surface area contributed by atoms with Crippen LogP contribution in [0.15, 0.2) is 0 Å². The second kappa shape index (κ2) is 6.09. The zero-order chi connectivity index (χ0) is 12.1. The summed E-state index contributed by atoms with van der Waals surface area (Å²) in [5, 5.41) is 8.65. The summed E-state index contributed by atoms with van der Waals surface area (Å²) in [5.41, 5.74) is 6.01. The first-order chi connectivity index (χ1) is 6.84. The Morgan fingerprint density at radius 3 is 2.13 bits per heavy atom. The molecule has 88 valence electrons. The van der Waals surface area contributed by atoms with Gasteiger partial charge in [-0.3, -0.25) is 4.90 Å². The molecule has 0 aromatic rings. The lowest BCUT2D eigenvalue weighted by atomic mass is 9.85. The molecule has 0 aromatic heterocycles. The van der Waals surface area contributed by atoms with Crippen molar-refractivity contribution in [3.05, 3.63) is 0 Å². The molecule has 0 amide bonds. The summed E-state index contributed by atoms with van der Waals surface area (Å²) in [6, 6.07) is 2.98. The number of rotatable bonds is 5. The fraction of sp³-hybridized carbons (Fsp3) is 0.917. The molecule has 2 N–H and O–H groups in total. The fourth-order valence-electron chi connectivity index (χ4n) is 1.94. The zero-order valence-corrected chi connectivity index (χ0v) is 10.7. The Kier molecular flexibility index (Phi) is 5.85. The van der Waals surface area contributed by atoms with Crippen molar-refractivity contribution in [3.8, 4) is 6.07 Å². The Balaban J connectivity index is 4.64. The smallest absolute Gasteiger partial charge is 0.0635 e. The zero-order valence-electron chi connectivity index (χ0n) is 10.7. The number of nitrogens with zero attached hydrogens (tertiary/aromatic N) is 2. The van der Waals surface area contributed by atoms with Gasteiger partial charge < -0.3 is 5.73 Å². The minimum absolute atomic E-state index is 0.161. The van der Waals surface area contributed by atoms with Crippen molar-refractivity contribution < 1.29 is 0 Å². The Morgan fingerprint density at radius 1 is 1.33 bits per heavy atom. The summed E-state index contributed by atoms with van der Waals surface area (Å²) < 4.78 is 0. The van der Waals surface area contributed by atoms with Gasteiger partial charge in [-0.15, -0.1) is 0 Å². The number of nitrogens with two attached hydrogens (primary N) is 1. The van der Waals surface area contributed by atoms with Gasteiger partial charge in [0.1, 0.15) is 0 Å². The molecule has 0 radical (unpaired) electrons. The lowest BCUT2D eigenvalue weighted by Gasteiger charge is -2.41. The van der Waals surface area contributed by atoms with Crippen LogP contribution in [0.2, 0.25) is 0 Å². The maximum atomic E-state index is 8.65. The Bertz CT molecular complexity index is 210. The van der Waals surface area contributed by atoms with E-state index >= 15 is 0 Å². The van der Waals surface area contributed by atoms with Crippen LogP contribution in [-0.2, 0) is 0 Å². The molecule has 0 bridgehead atoms. The highest BCUT2D eigenvalue weighted by molar-refractivity contribution is 4.87. The van der Waals surface area contributed by atoms with Gasteiger partial charge in [-0.2, -0.15) is 5.26 Å². The third-order valence-corrected chi connectivity index (χ3v) is 2.77. The first kappa shape index (κ1) is 14.4. The van der Waals surface area contributed by atoms with Crippen LogP contribution in [0, 0.1) is 16.7 Å². The van der Waals surface area contributed by atoms with Gasteiger partial charge in [0.15, 0.2) is 0 Å². The topological polar surface area (TPSA) is 53.0 Å². The Morgan fingerprint density at radius 2 is 1.87 bits per heavy atom. The molecule has 3 nitrogen and oxygen atoms in total. The summed E-state index contributed by atoms with van der Waals surface area (Å²) in [4.78, 5) is 2.34. The molecule has 0 rings (SSSR count). The maximum absolute atomic E-state index is 8.65. The highest BCUT2D eigenvalue weighted by Crippen LogP contribution is 2.25. The Labute approximate surface area is 94.2 Å². The summed E-state index contributed by atoms with van der Waals surface area (Å²) in [7, 11) is 0. The van der Waals surface area contributed by atoms with Gasteiger partial charge in [0.25, 0.3) is 0 Å². The summed E-state index contributed by atoms with van der Waals surface area (Å²) in [6.07, 6.45) is 0.574. The Hall–Kier alpha value is -0.590. The first-order valence-electron chi connectivity index (χ1n) is 5.67. The van der Waals surface area contributed by atoms with Crippen molar-refractivity contribution in [1.29, 1.82) is 5.26 Å². The van der Waals surface area contributed by atoms with E-state index in [0.717, 1.165) is 6.54 Å². The van der Waals surface area contributed by atoms with E-state index in [1.807, 2.05) is 0 Å². The van der Waals surface area contributed by atoms with Crippen LogP contribution in [0.5, 0.6) is 0 Å². The van der Waals surface area contributed by atoms with E-state index in [0.29, 0.717) is 25.0 Å². The molecule has 15 heavy (non-hydrogen) atoms. The van der Waals surface area contributed by atoms with Gasteiger partial charge in [-0.05, 0) is 19.3 Å². The molecule has 1 unspecified atom stereocenters. The predicted molar refractivity (Wildman–Crippen MR) is 64.4 cm³/mol. The van der Waals surface area contributed by atoms with Crippen LogP contribution < -0.4 is 5.73 Å². The quantitative estimate of drug-likeness (QED) is 0.756. The van der Waals surface area contributed by atoms with Gasteiger partial charge in [-0.25, -0.2) is 0 Å². The number of hydrogen-bond acceptors (Lipinski definition) is 3. The molecule has 0 saturated heterocycles. The molecule has 0 aromatic carbocycles. The van der Waals surface area contributed by atoms with Crippen LogP contribution in [0.1, 0.15) is 41.0 Å². The normalized spacial score (nSPS) is 14.3. The highest BCUT2D eigenvalue weighted by atomic mass is 15.2. The van der Waals surface area contributed by atoms with Gasteiger partial charge in [-0.1, -0.05) is 20.8 Å². The molecule has 0 heterocycles. The predicted octanol–water partition coefficient (Wildman–Crippen LogP) is 1.98. The molecular formula is C12H25N3. The molecule has 3 heteroatoms. The van der Waals surface area contributed by atoms with E-state index in [4.69, 9.17) is 11.0 Å². The minimum atomic E-state index is 0.161. The lowest BCUT2D eigenvalue weighted by molar-refractivity contribution is 0.0782. The molecule has 0 aliphatic heterocycles. The van der Waals surface area contributed by atoms with Crippen molar-refractivity contribution in [3.63, 3.8) is 0 Å². The van der Waals surface area contributed by atoms with Gasteiger partial charge in [0, 0.05) is 31.6 Å². The van der Waals surface area contributed by atoms with Crippen molar-refractivity contribution in [2.45, 2.75) is 53.1 Å². The molecule has 0 spiro atoms. The largest absolute Gasteiger partial charge is 0.329 e. The van der Waals surface area contributed by atoms with E-state index in [1.54, 1.807) is 0 Å². The minimum Gasteiger partial charge on any atom is -0.329 e. The van der Waals surface area contributed by atoms with E-state index in [2.05, 4.69) is 45.6 Å². The molecular weight excluding hydrogens is 186 g/mol. The SMILES string of the molecule is CC(C)N(CCC#N)C(CN)C(C)(C)C. The maximum Gasteiger partial charge on any atom is 0.0635 e. The molecule has 1 atom stereocenters. The van der Waals surface area contributed by atoms with Crippen LogP contribution in [0.3, 0.4) is 0 Å². The highest BCUT2D eigenvalue weighted by Gasteiger charge is 2.30. The summed E-state index contributed by atoms with van der Waals surface area (Å²) in [6.45, 7) is 12.4. The van der Waals surface area contributed by atoms with Crippen LogP contribution in [0.4, 0.5) is 0 Å². The van der Waals surface area contributed by atoms with E-state index in [-0.39, 0.29) is 5.41 Å². The van der Waals surface area contributed by atoms with Gasteiger partial charge >= 0.3 is 0 Å². The van der Waals surface area contributed by atoms with Crippen LogP contribution >= 0.6 is 0 Å². The van der Waals surface area contributed by atoms with Crippen molar-refractivity contribution >= 4 is 0 Å². The second-order valence-electron chi connectivity index (χ2n) is 5.36. The fourth-order valence-corrected chi connectivity index (χ4v) is 1.94. The molecule has 0 saturated carbocycles. The van der Waals surface area contributed by atoms with E-state index < -0.39 is 0 Å². The standard InChI is InChI=1S/C12H25N3/c1-10(2)15(8-6-7-13)11(9-14)12(3,4)5/h10-11H,6,8-9,14H2,1-5H3. The first-order valence-corrected chi connectivity index (χ1v) is 5.67. The van der Waals surface area contributed by atoms with Crippen molar-refractivity contribution in [2.75, 3.05) is 13.1 Å². The van der Waals surface area contributed by atoms with Crippen LogP contribution in [0.25, 0.3) is 0 Å². The van der Waals surface area contributed by atoms with E-state index in [9.17, 15) is 0 Å². The third-order valence-electron chi connectivity index (χ3n) is 2.77. The van der Waals surface area contributed by atoms with Crippen LogP contribution in [-0.4, -0.2) is 30.1 Å². The average molecular weight is 211 g/mol. The third kappa shape index (κ3) is 4.63. The average Bonchev–Trinajstić information content (AvgIpc) is 2.09. The van der Waals surface area contributed by atoms with E-state index in [1.165, 1.54) is 0 Å². The monoisotopic (exact) mass is 211 g/mol. The van der Waals surface area contributed by atoms with Crippen molar-refractivity contribution in [1.82, 2.24) is 4.90 Å².